The molecule has 0 saturated carbocycles. The molecule has 0 atom stereocenters. The number of benzene rings is 1. The number of nitrogens with one attached hydrogen (secondary N) is 1. The fourth-order valence-electron chi connectivity index (χ4n) is 2.80. The van der Waals surface area contributed by atoms with Crippen molar-refractivity contribution >= 4 is 12.0 Å². The quantitative estimate of drug-likeness (QED) is 0.768. The summed E-state index contributed by atoms with van der Waals surface area (Å²) in [6.07, 6.45) is 0.782. The summed E-state index contributed by atoms with van der Waals surface area (Å²) in [6, 6.07) is 4.34. The molecule has 1 heterocycles. The Hall–Kier alpha value is -2.58. The first-order chi connectivity index (χ1) is 12.4. The van der Waals surface area contributed by atoms with E-state index in [0.717, 1.165) is 0 Å². The molecule has 1 aliphatic heterocycles. The number of carbonyl (C=O) groups excluding carboxylic acids is 1. The molecule has 1 aromatic rings. The van der Waals surface area contributed by atoms with Gasteiger partial charge in [0.2, 0.25) is 0 Å². The Balaban J connectivity index is 1.99. The third-order valence-electron chi connectivity index (χ3n) is 4.13. The molecule has 0 radical (unpaired) electrons. The third-order valence-corrected chi connectivity index (χ3v) is 4.13. The van der Waals surface area contributed by atoms with Crippen LogP contribution < -0.4 is 14.8 Å². The molecular weight excluding hydrogens is 350 g/mol. The monoisotopic (exact) mass is 372 g/mol. The van der Waals surface area contributed by atoms with Gasteiger partial charge < -0.3 is 24.8 Å². The Morgan fingerprint density at radius 1 is 1.35 bits per heavy atom. The average Bonchev–Trinajstić information content (AvgIpc) is 2.61. The lowest BCUT2D eigenvalue weighted by molar-refractivity contribution is -0.143. The number of carboxylic acid groups (broad SMARTS) is 1. The van der Waals surface area contributed by atoms with Crippen molar-refractivity contribution in [2.75, 3.05) is 19.7 Å². The van der Waals surface area contributed by atoms with Crippen molar-refractivity contribution in [3.8, 4) is 11.5 Å². The van der Waals surface area contributed by atoms with E-state index in [1.54, 1.807) is 19.1 Å². The second-order valence-electron chi connectivity index (χ2n) is 5.81. The summed E-state index contributed by atoms with van der Waals surface area (Å²) in [5, 5.41) is 11.6. The highest BCUT2D eigenvalue weighted by molar-refractivity contribution is 5.75. The molecule has 2 N–H and O–H groups in total. The van der Waals surface area contributed by atoms with Crippen LogP contribution in [0.4, 0.5) is 13.6 Å². The van der Waals surface area contributed by atoms with Gasteiger partial charge in [0.05, 0.1) is 12.5 Å². The zero-order valence-corrected chi connectivity index (χ0v) is 14.4. The van der Waals surface area contributed by atoms with Gasteiger partial charge in [0.1, 0.15) is 0 Å². The van der Waals surface area contributed by atoms with Crippen LogP contribution in [0.15, 0.2) is 18.2 Å². The van der Waals surface area contributed by atoms with E-state index in [4.69, 9.17) is 9.84 Å². The molecule has 2 rings (SSSR count). The van der Waals surface area contributed by atoms with E-state index in [-0.39, 0.29) is 30.7 Å². The Bertz CT molecular complexity index is 634. The van der Waals surface area contributed by atoms with E-state index < -0.39 is 18.5 Å². The van der Waals surface area contributed by atoms with Crippen LogP contribution in [0.5, 0.6) is 11.5 Å². The Labute approximate surface area is 149 Å². The number of halogens is 2. The van der Waals surface area contributed by atoms with Crippen LogP contribution in [0.2, 0.25) is 0 Å². The highest BCUT2D eigenvalue weighted by Gasteiger charge is 2.27. The van der Waals surface area contributed by atoms with Gasteiger partial charge in [-0.25, -0.2) is 4.79 Å². The molecule has 7 nitrogen and oxygen atoms in total. The highest BCUT2D eigenvalue weighted by Crippen LogP contribution is 2.32. The molecule has 1 saturated heterocycles. The average molecular weight is 372 g/mol. The Kier molecular flexibility index (Phi) is 6.99. The van der Waals surface area contributed by atoms with Crippen LogP contribution in [-0.2, 0) is 11.3 Å². The summed E-state index contributed by atoms with van der Waals surface area (Å²) in [7, 11) is 0. The number of aliphatic carboxylic acids is 1. The topological polar surface area (TPSA) is 88.1 Å². The minimum absolute atomic E-state index is 0.0132. The number of rotatable bonds is 7. The first kappa shape index (κ1) is 19.7. The predicted molar refractivity (Wildman–Crippen MR) is 88.4 cm³/mol. The van der Waals surface area contributed by atoms with Gasteiger partial charge in [-0.1, -0.05) is 12.1 Å². The van der Waals surface area contributed by atoms with Crippen LogP contribution >= 0.6 is 0 Å². The standard InChI is InChI=1S/C17H22F2N2O5/c1-2-25-13-5-3-4-12(14(13)26-16(18)19)10-20-17(24)21-8-6-11(7-9-21)15(22)23/h3-5,11,16H,2,6-10H2,1H3,(H,20,24)(H,22,23). The molecule has 1 fully saturated rings. The van der Waals surface area contributed by atoms with E-state index in [0.29, 0.717) is 31.5 Å². The predicted octanol–water partition coefficient (Wildman–Crippen LogP) is 2.69. The van der Waals surface area contributed by atoms with Gasteiger partial charge in [0.15, 0.2) is 11.5 Å². The zero-order chi connectivity index (χ0) is 19.1. The molecule has 0 spiro atoms. The van der Waals surface area contributed by atoms with Gasteiger partial charge in [-0.05, 0) is 25.8 Å². The van der Waals surface area contributed by atoms with Crippen molar-refractivity contribution in [3.05, 3.63) is 23.8 Å². The molecule has 0 aromatic heterocycles. The Morgan fingerprint density at radius 3 is 2.62 bits per heavy atom. The minimum Gasteiger partial charge on any atom is -0.490 e. The number of likely N-dealkylation sites (tertiary alicyclic amines) is 1. The summed E-state index contributed by atoms with van der Waals surface area (Å²) in [5.41, 5.74) is 0.366. The van der Waals surface area contributed by atoms with Crippen LogP contribution in [0, 0.1) is 5.92 Å². The van der Waals surface area contributed by atoms with Crippen molar-refractivity contribution < 1.29 is 33.0 Å². The maximum absolute atomic E-state index is 12.7. The van der Waals surface area contributed by atoms with Gasteiger partial charge in [-0.15, -0.1) is 0 Å². The van der Waals surface area contributed by atoms with E-state index in [1.807, 2.05) is 0 Å². The molecule has 144 valence electrons. The first-order valence-corrected chi connectivity index (χ1v) is 8.37. The second kappa shape index (κ2) is 9.21. The van der Waals surface area contributed by atoms with Gasteiger partial charge in [0.25, 0.3) is 0 Å². The molecule has 1 aromatic carbocycles. The number of urea groups is 1. The van der Waals surface area contributed by atoms with Crippen molar-refractivity contribution in [2.24, 2.45) is 5.92 Å². The largest absolute Gasteiger partial charge is 0.490 e. The van der Waals surface area contributed by atoms with Gasteiger partial charge >= 0.3 is 18.6 Å². The summed E-state index contributed by atoms with van der Waals surface area (Å²) < 4.78 is 35.2. The molecule has 0 aliphatic carbocycles. The summed E-state index contributed by atoms with van der Waals surface area (Å²) in [5.74, 6) is -1.21. The summed E-state index contributed by atoms with van der Waals surface area (Å²) in [4.78, 5) is 24.7. The normalized spacial score (nSPS) is 15.0. The maximum atomic E-state index is 12.7. The molecule has 9 heteroatoms. The number of alkyl halides is 2. The number of ether oxygens (including phenoxy) is 2. The van der Waals surface area contributed by atoms with Gasteiger partial charge in [-0.2, -0.15) is 8.78 Å². The lowest BCUT2D eigenvalue weighted by Crippen LogP contribution is -2.45. The number of piperidine rings is 1. The molecule has 0 bridgehead atoms. The molecular formula is C17H22F2N2O5. The summed E-state index contributed by atoms with van der Waals surface area (Å²) in [6.45, 7) is -0.346. The van der Waals surface area contributed by atoms with E-state index >= 15 is 0 Å². The van der Waals surface area contributed by atoms with Crippen molar-refractivity contribution in [3.63, 3.8) is 0 Å². The number of hydrogen-bond donors (Lipinski definition) is 2. The van der Waals surface area contributed by atoms with Crippen molar-refractivity contribution in [1.82, 2.24) is 10.2 Å². The fourth-order valence-corrected chi connectivity index (χ4v) is 2.80. The maximum Gasteiger partial charge on any atom is 0.387 e. The number of nitrogens with zero attached hydrogens (tertiary/aromatic N) is 1. The van der Waals surface area contributed by atoms with Crippen LogP contribution in [-0.4, -0.2) is 48.3 Å². The molecule has 26 heavy (non-hydrogen) atoms. The van der Waals surface area contributed by atoms with E-state index in [1.165, 1.54) is 11.0 Å². The Morgan fingerprint density at radius 2 is 2.04 bits per heavy atom. The number of hydrogen-bond acceptors (Lipinski definition) is 4. The van der Waals surface area contributed by atoms with E-state index in [2.05, 4.69) is 10.1 Å². The van der Waals surface area contributed by atoms with Gasteiger partial charge in [-0.3, -0.25) is 4.79 Å². The number of carbonyl (C=O) groups is 2. The molecule has 1 aliphatic rings. The first-order valence-electron chi connectivity index (χ1n) is 8.37. The van der Waals surface area contributed by atoms with E-state index in [9.17, 15) is 18.4 Å². The number of carboxylic acids is 1. The fraction of sp³-hybridized carbons (Fsp3) is 0.529. The summed E-state index contributed by atoms with van der Waals surface area (Å²) >= 11 is 0. The van der Waals surface area contributed by atoms with Crippen molar-refractivity contribution in [1.29, 1.82) is 0 Å². The number of amides is 2. The van der Waals surface area contributed by atoms with Crippen LogP contribution in [0.3, 0.4) is 0 Å². The molecule has 2 amide bonds. The third kappa shape index (κ3) is 5.21. The van der Waals surface area contributed by atoms with Crippen LogP contribution in [0.25, 0.3) is 0 Å². The molecule has 0 unspecified atom stereocenters. The highest BCUT2D eigenvalue weighted by atomic mass is 19.3. The minimum atomic E-state index is -3.01. The SMILES string of the molecule is CCOc1cccc(CNC(=O)N2CCC(C(=O)O)CC2)c1OC(F)F. The number of para-hydroxylation sites is 1. The smallest absolute Gasteiger partial charge is 0.387 e. The van der Waals surface area contributed by atoms with Crippen LogP contribution in [0.1, 0.15) is 25.3 Å². The zero-order valence-electron chi connectivity index (χ0n) is 14.4. The lowest BCUT2D eigenvalue weighted by atomic mass is 9.97. The second-order valence-corrected chi connectivity index (χ2v) is 5.81. The lowest BCUT2D eigenvalue weighted by Gasteiger charge is -2.30. The van der Waals surface area contributed by atoms with Crippen molar-refractivity contribution in [2.45, 2.75) is 32.9 Å². The van der Waals surface area contributed by atoms with Gasteiger partial charge in [0, 0.05) is 25.2 Å².